The van der Waals surface area contributed by atoms with Crippen molar-refractivity contribution in [3.63, 3.8) is 0 Å². The highest BCUT2D eigenvalue weighted by atomic mass is 32.2. The minimum atomic E-state index is -3.51. The maximum atomic E-state index is 13.7. The minimum absolute atomic E-state index is 0.193. The molecule has 1 N–H and O–H groups in total. The highest BCUT2D eigenvalue weighted by molar-refractivity contribution is 7.89. The molecule has 0 atom stereocenters. The SMILES string of the molecule is CCNCc1cc(S(=O)(=O)N2CCCCCC2)ccc1F. The Balaban J connectivity index is 2.26. The Morgan fingerprint density at radius 2 is 1.86 bits per heavy atom. The van der Waals surface area contributed by atoms with E-state index in [9.17, 15) is 12.8 Å². The molecule has 1 aliphatic rings. The molecule has 1 fully saturated rings. The minimum Gasteiger partial charge on any atom is -0.313 e. The van der Waals surface area contributed by atoms with Gasteiger partial charge in [-0.25, -0.2) is 12.8 Å². The van der Waals surface area contributed by atoms with Crippen molar-refractivity contribution in [1.29, 1.82) is 0 Å². The van der Waals surface area contributed by atoms with Gasteiger partial charge in [0.05, 0.1) is 4.90 Å². The zero-order valence-corrected chi connectivity index (χ0v) is 13.3. The fourth-order valence-electron chi connectivity index (χ4n) is 2.54. The molecule has 6 heteroatoms. The van der Waals surface area contributed by atoms with Crippen LogP contribution < -0.4 is 5.32 Å². The molecule has 1 heterocycles. The van der Waals surface area contributed by atoms with Crippen LogP contribution in [0.15, 0.2) is 23.1 Å². The van der Waals surface area contributed by atoms with Crippen molar-refractivity contribution in [2.45, 2.75) is 44.0 Å². The van der Waals surface area contributed by atoms with Gasteiger partial charge in [0.2, 0.25) is 10.0 Å². The van der Waals surface area contributed by atoms with Crippen molar-refractivity contribution in [3.05, 3.63) is 29.6 Å². The summed E-state index contributed by atoms with van der Waals surface area (Å²) in [6.07, 6.45) is 3.93. The highest BCUT2D eigenvalue weighted by Gasteiger charge is 2.25. The van der Waals surface area contributed by atoms with Crippen molar-refractivity contribution in [1.82, 2.24) is 9.62 Å². The van der Waals surface area contributed by atoms with Gasteiger partial charge in [-0.3, -0.25) is 0 Å². The summed E-state index contributed by atoms with van der Waals surface area (Å²) in [6, 6.07) is 4.07. The lowest BCUT2D eigenvalue weighted by atomic mass is 10.2. The maximum absolute atomic E-state index is 13.7. The van der Waals surface area contributed by atoms with Crippen LogP contribution in [0.2, 0.25) is 0 Å². The number of rotatable bonds is 5. The Labute approximate surface area is 126 Å². The quantitative estimate of drug-likeness (QED) is 0.908. The van der Waals surface area contributed by atoms with E-state index in [-0.39, 0.29) is 10.7 Å². The van der Waals surface area contributed by atoms with Crippen molar-refractivity contribution in [2.24, 2.45) is 0 Å². The Bertz CT molecular complexity index is 567. The lowest BCUT2D eigenvalue weighted by Gasteiger charge is -2.20. The van der Waals surface area contributed by atoms with Gasteiger partial charge < -0.3 is 5.32 Å². The third-order valence-electron chi connectivity index (χ3n) is 3.79. The Kier molecular flexibility index (Phi) is 5.72. The van der Waals surface area contributed by atoms with Crippen LogP contribution in [0.3, 0.4) is 0 Å². The number of hydrogen-bond acceptors (Lipinski definition) is 3. The van der Waals surface area contributed by atoms with Gasteiger partial charge in [-0.1, -0.05) is 19.8 Å². The van der Waals surface area contributed by atoms with Crippen LogP contribution in [0.4, 0.5) is 4.39 Å². The monoisotopic (exact) mass is 314 g/mol. The van der Waals surface area contributed by atoms with Crippen LogP contribution in [-0.4, -0.2) is 32.4 Å². The first-order valence-corrected chi connectivity index (χ1v) is 8.99. The third kappa shape index (κ3) is 4.02. The third-order valence-corrected chi connectivity index (χ3v) is 5.68. The molecule has 1 aromatic carbocycles. The summed E-state index contributed by atoms with van der Waals surface area (Å²) >= 11 is 0. The van der Waals surface area contributed by atoms with E-state index >= 15 is 0 Å². The molecular formula is C15H23FN2O2S. The normalized spacial score (nSPS) is 17.6. The number of benzene rings is 1. The van der Waals surface area contributed by atoms with Gasteiger partial charge in [0.25, 0.3) is 0 Å². The van der Waals surface area contributed by atoms with Crippen LogP contribution >= 0.6 is 0 Å². The lowest BCUT2D eigenvalue weighted by molar-refractivity contribution is 0.423. The molecule has 0 amide bonds. The molecule has 21 heavy (non-hydrogen) atoms. The molecule has 1 aliphatic heterocycles. The van der Waals surface area contributed by atoms with Gasteiger partial charge in [-0.05, 0) is 37.6 Å². The van der Waals surface area contributed by atoms with Gasteiger partial charge in [0, 0.05) is 25.2 Å². The molecule has 0 radical (unpaired) electrons. The Morgan fingerprint density at radius 3 is 2.48 bits per heavy atom. The molecule has 118 valence electrons. The van der Waals surface area contributed by atoms with E-state index in [4.69, 9.17) is 0 Å². The standard InChI is InChI=1S/C15H23FN2O2S/c1-2-17-12-13-11-14(7-8-15(13)16)21(19,20)18-9-5-3-4-6-10-18/h7-8,11,17H,2-6,9-10,12H2,1H3. The Hall–Kier alpha value is -0.980. The second kappa shape index (κ2) is 7.33. The van der Waals surface area contributed by atoms with Crippen LogP contribution in [0, 0.1) is 5.82 Å². The predicted molar refractivity (Wildman–Crippen MR) is 81.0 cm³/mol. The van der Waals surface area contributed by atoms with Gasteiger partial charge >= 0.3 is 0 Å². The van der Waals surface area contributed by atoms with Crippen molar-refractivity contribution < 1.29 is 12.8 Å². The van der Waals surface area contributed by atoms with E-state index in [1.807, 2.05) is 6.92 Å². The fourth-order valence-corrected chi connectivity index (χ4v) is 4.11. The maximum Gasteiger partial charge on any atom is 0.243 e. The number of sulfonamides is 1. The summed E-state index contributed by atoms with van der Waals surface area (Å²) in [5, 5.41) is 3.03. The van der Waals surface area contributed by atoms with E-state index in [1.54, 1.807) is 0 Å². The molecule has 0 bridgehead atoms. The fraction of sp³-hybridized carbons (Fsp3) is 0.600. The van der Waals surface area contributed by atoms with Gasteiger partial charge in [-0.2, -0.15) is 4.31 Å². The van der Waals surface area contributed by atoms with E-state index in [0.717, 1.165) is 25.7 Å². The zero-order chi connectivity index (χ0) is 15.3. The summed E-state index contributed by atoms with van der Waals surface area (Å²) in [7, 11) is -3.51. The molecule has 4 nitrogen and oxygen atoms in total. The molecule has 1 saturated heterocycles. The van der Waals surface area contributed by atoms with E-state index in [2.05, 4.69) is 5.32 Å². The van der Waals surface area contributed by atoms with Crippen molar-refractivity contribution in [3.8, 4) is 0 Å². The second-order valence-corrected chi connectivity index (χ2v) is 7.29. The molecule has 0 aromatic heterocycles. The molecule has 1 aromatic rings. The molecule has 2 rings (SSSR count). The summed E-state index contributed by atoms with van der Waals surface area (Å²) in [6.45, 7) is 4.09. The van der Waals surface area contributed by atoms with Crippen LogP contribution in [0.5, 0.6) is 0 Å². The van der Waals surface area contributed by atoms with Gasteiger partial charge in [-0.15, -0.1) is 0 Å². The number of hydrogen-bond donors (Lipinski definition) is 1. The molecular weight excluding hydrogens is 291 g/mol. The lowest BCUT2D eigenvalue weighted by Crippen LogP contribution is -2.32. The first-order chi connectivity index (χ1) is 10.1. The summed E-state index contributed by atoms with van der Waals surface area (Å²) in [4.78, 5) is 0.193. The molecule has 0 spiro atoms. The number of halogens is 1. The number of nitrogens with one attached hydrogen (secondary N) is 1. The molecule has 0 saturated carbocycles. The first kappa shape index (κ1) is 16.4. The van der Waals surface area contributed by atoms with E-state index in [1.165, 1.54) is 22.5 Å². The first-order valence-electron chi connectivity index (χ1n) is 7.55. The summed E-state index contributed by atoms with van der Waals surface area (Å²) < 4.78 is 40.6. The van der Waals surface area contributed by atoms with Gasteiger partial charge in [0.15, 0.2) is 0 Å². The summed E-state index contributed by atoms with van der Waals surface area (Å²) in [5.74, 6) is -0.370. The van der Waals surface area contributed by atoms with Gasteiger partial charge in [0.1, 0.15) is 5.82 Å². The van der Waals surface area contributed by atoms with Crippen molar-refractivity contribution in [2.75, 3.05) is 19.6 Å². The van der Waals surface area contributed by atoms with E-state index in [0.29, 0.717) is 31.7 Å². The predicted octanol–water partition coefficient (Wildman–Crippen LogP) is 2.50. The van der Waals surface area contributed by atoms with E-state index < -0.39 is 10.0 Å². The largest absolute Gasteiger partial charge is 0.313 e. The topological polar surface area (TPSA) is 49.4 Å². The van der Waals surface area contributed by atoms with Crippen LogP contribution in [0.25, 0.3) is 0 Å². The van der Waals surface area contributed by atoms with Crippen LogP contribution in [0.1, 0.15) is 38.2 Å². The van der Waals surface area contributed by atoms with Crippen LogP contribution in [-0.2, 0) is 16.6 Å². The average Bonchev–Trinajstić information content (AvgIpc) is 2.75. The molecule has 0 aliphatic carbocycles. The number of nitrogens with zero attached hydrogens (tertiary/aromatic N) is 1. The summed E-state index contributed by atoms with van der Waals surface area (Å²) in [5.41, 5.74) is 0.396. The molecule has 0 unspecified atom stereocenters. The zero-order valence-electron chi connectivity index (χ0n) is 12.4. The highest BCUT2D eigenvalue weighted by Crippen LogP contribution is 2.22. The van der Waals surface area contributed by atoms with Crippen molar-refractivity contribution >= 4 is 10.0 Å². The smallest absolute Gasteiger partial charge is 0.243 e. The second-order valence-electron chi connectivity index (χ2n) is 5.35. The Morgan fingerprint density at radius 1 is 1.19 bits per heavy atom. The average molecular weight is 314 g/mol.